The molecule has 24 heavy (non-hydrogen) atoms. The number of carbonyl (C=O) groups is 2. The van der Waals surface area contributed by atoms with Gasteiger partial charge < -0.3 is 15.8 Å². The third-order valence-corrected chi connectivity index (χ3v) is 3.44. The molecule has 2 rings (SSSR count). The molecule has 126 valence electrons. The molecule has 0 bridgehead atoms. The molecule has 0 radical (unpaired) electrons. The van der Waals surface area contributed by atoms with Gasteiger partial charge in [-0.3, -0.25) is 9.59 Å². The Labute approximate surface area is 141 Å². The summed E-state index contributed by atoms with van der Waals surface area (Å²) in [5.41, 5.74) is 5.80. The molecule has 0 aliphatic rings. The van der Waals surface area contributed by atoms with Gasteiger partial charge in [0.25, 0.3) is 0 Å². The lowest BCUT2D eigenvalue weighted by Gasteiger charge is -2.08. The molecule has 2 aromatic carbocycles. The molecule has 0 unspecified atom stereocenters. The lowest BCUT2D eigenvalue weighted by Crippen LogP contribution is -2.12. The number of hydrogen-bond acceptors (Lipinski definition) is 3. The SMILES string of the molecule is NC(=O)CCCCCC(=O)Nc1ccc(Oc2ccccc2)cc1. The van der Waals surface area contributed by atoms with E-state index in [-0.39, 0.29) is 11.8 Å². The monoisotopic (exact) mass is 326 g/mol. The summed E-state index contributed by atoms with van der Waals surface area (Å²) < 4.78 is 5.70. The first-order chi connectivity index (χ1) is 11.6. The Bertz CT molecular complexity index is 654. The van der Waals surface area contributed by atoms with Crippen molar-refractivity contribution in [2.24, 2.45) is 5.73 Å². The van der Waals surface area contributed by atoms with Gasteiger partial charge in [0.1, 0.15) is 11.5 Å². The van der Waals surface area contributed by atoms with Crippen molar-refractivity contribution in [1.82, 2.24) is 0 Å². The second kappa shape index (κ2) is 9.35. The van der Waals surface area contributed by atoms with Gasteiger partial charge in [-0.15, -0.1) is 0 Å². The van der Waals surface area contributed by atoms with Gasteiger partial charge in [-0.1, -0.05) is 24.6 Å². The molecule has 5 nitrogen and oxygen atoms in total. The molecule has 0 aliphatic heterocycles. The van der Waals surface area contributed by atoms with Crippen molar-refractivity contribution in [3.05, 3.63) is 54.6 Å². The highest BCUT2D eigenvalue weighted by Crippen LogP contribution is 2.22. The molecular weight excluding hydrogens is 304 g/mol. The van der Waals surface area contributed by atoms with Crippen LogP contribution in [0, 0.1) is 0 Å². The second-order valence-corrected chi connectivity index (χ2v) is 5.51. The predicted octanol–water partition coefficient (Wildman–Crippen LogP) is 3.85. The van der Waals surface area contributed by atoms with E-state index >= 15 is 0 Å². The Balaban J connectivity index is 1.73. The Hall–Kier alpha value is -2.82. The maximum atomic E-state index is 11.9. The number of ether oxygens (including phenoxy) is 1. The Morgan fingerprint density at radius 2 is 1.46 bits per heavy atom. The topological polar surface area (TPSA) is 81.4 Å². The Morgan fingerprint density at radius 1 is 0.833 bits per heavy atom. The number of unbranched alkanes of at least 4 members (excludes halogenated alkanes) is 2. The van der Waals surface area contributed by atoms with Crippen LogP contribution in [0.1, 0.15) is 32.1 Å². The van der Waals surface area contributed by atoms with Gasteiger partial charge >= 0.3 is 0 Å². The third kappa shape index (κ3) is 6.52. The van der Waals surface area contributed by atoms with Crippen molar-refractivity contribution in [3.63, 3.8) is 0 Å². The minimum atomic E-state index is -0.294. The normalized spacial score (nSPS) is 10.2. The quantitative estimate of drug-likeness (QED) is 0.687. The molecule has 0 aromatic heterocycles. The van der Waals surface area contributed by atoms with Crippen LogP contribution in [0.25, 0.3) is 0 Å². The number of nitrogens with two attached hydrogens (primary N) is 1. The number of amides is 2. The van der Waals surface area contributed by atoms with Crippen LogP contribution >= 0.6 is 0 Å². The average Bonchev–Trinajstić information content (AvgIpc) is 2.57. The first-order valence-electron chi connectivity index (χ1n) is 8.04. The molecule has 2 amide bonds. The third-order valence-electron chi connectivity index (χ3n) is 3.44. The first-order valence-corrected chi connectivity index (χ1v) is 8.04. The number of benzene rings is 2. The number of hydrogen-bond donors (Lipinski definition) is 2. The van der Waals surface area contributed by atoms with E-state index in [0.29, 0.717) is 18.6 Å². The molecule has 0 saturated carbocycles. The zero-order valence-corrected chi connectivity index (χ0v) is 13.5. The van der Waals surface area contributed by atoms with E-state index < -0.39 is 0 Å². The van der Waals surface area contributed by atoms with Gasteiger partial charge in [0, 0.05) is 18.5 Å². The summed E-state index contributed by atoms with van der Waals surface area (Å²) in [5, 5.41) is 2.85. The average molecular weight is 326 g/mol. The smallest absolute Gasteiger partial charge is 0.224 e. The lowest BCUT2D eigenvalue weighted by atomic mass is 10.1. The summed E-state index contributed by atoms with van der Waals surface area (Å²) in [4.78, 5) is 22.5. The van der Waals surface area contributed by atoms with E-state index in [9.17, 15) is 9.59 Å². The summed E-state index contributed by atoms with van der Waals surface area (Å²) in [7, 11) is 0. The van der Waals surface area contributed by atoms with Crippen LogP contribution in [0.3, 0.4) is 0 Å². The van der Waals surface area contributed by atoms with Crippen LogP contribution in [-0.4, -0.2) is 11.8 Å². The summed E-state index contributed by atoms with van der Waals surface area (Å²) in [6.07, 6.45) is 3.11. The number of anilines is 1. The number of carbonyl (C=O) groups excluding carboxylic acids is 2. The summed E-state index contributed by atoms with van der Waals surface area (Å²) >= 11 is 0. The standard InChI is InChI=1S/C19H22N2O3/c20-18(22)9-5-2-6-10-19(23)21-15-11-13-17(14-12-15)24-16-7-3-1-4-8-16/h1,3-4,7-8,11-14H,2,5-6,9-10H2,(H2,20,22)(H,21,23). The summed E-state index contributed by atoms with van der Waals surface area (Å²) in [6.45, 7) is 0. The number of nitrogens with one attached hydrogen (secondary N) is 1. The van der Waals surface area contributed by atoms with Gasteiger partial charge in [-0.2, -0.15) is 0 Å². The number of primary amides is 1. The first kappa shape index (κ1) is 17.5. The number of para-hydroxylation sites is 1. The minimum Gasteiger partial charge on any atom is -0.457 e. The van der Waals surface area contributed by atoms with Crippen molar-refractivity contribution in [1.29, 1.82) is 0 Å². The van der Waals surface area contributed by atoms with E-state index in [4.69, 9.17) is 10.5 Å². The van der Waals surface area contributed by atoms with E-state index in [2.05, 4.69) is 5.32 Å². The van der Waals surface area contributed by atoms with Crippen molar-refractivity contribution >= 4 is 17.5 Å². The molecule has 0 spiro atoms. The Morgan fingerprint density at radius 3 is 2.12 bits per heavy atom. The lowest BCUT2D eigenvalue weighted by molar-refractivity contribution is -0.118. The summed E-state index contributed by atoms with van der Waals surface area (Å²) in [5.74, 6) is 1.15. The molecule has 0 saturated heterocycles. The second-order valence-electron chi connectivity index (χ2n) is 5.51. The van der Waals surface area contributed by atoms with Gasteiger partial charge in [0.05, 0.1) is 0 Å². The van der Waals surface area contributed by atoms with Crippen LogP contribution < -0.4 is 15.8 Å². The largest absolute Gasteiger partial charge is 0.457 e. The fraction of sp³-hybridized carbons (Fsp3) is 0.263. The molecule has 0 aliphatic carbocycles. The van der Waals surface area contributed by atoms with Crippen LogP contribution in [0.5, 0.6) is 11.5 Å². The zero-order valence-electron chi connectivity index (χ0n) is 13.5. The van der Waals surface area contributed by atoms with Gasteiger partial charge in [0.2, 0.25) is 11.8 Å². The molecule has 2 aromatic rings. The van der Waals surface area contributed by atoms with Crippen LogP contribution in [0.15, 0.2) is 54.6 Å². The highest BCUT2D eigenvalue weighted by atomic mass is 16.5. The van der Waals surface area contributed by atoms with E-state index in [1.807, 2.05) is 54.6 Å². The molecule has 0 fully saturated rings. The van der Waals surface area contributed by atoms with E-state index in [0.717, 1.165) is 30.7 Å². The summed E-state index contributed by atoms with van der Waals surface area (Å²) in [6, 6.07) is 16.8. The van der Waals surface area contributed by atoms with Gasteiger partial charge in [-0.25, -0.2) is 0 Å². The van der Waals surface area contributed by atoms with Crippen LogP contribution in [-0.2, 0) is 9.59 Å². The van der Waals surface area contributed by atoms with Gasteiger partial charge in [0.15, 0.2) is 0 Å². The van der Waals surface area contributed by atoms with Crippen molar-refractivity contribution in [3.8, 4) is 11.5 Å². The molecular formula is C19H22N2O3. The predicted molar refractivity (Wildman–Crippen MR) is 93.9 cm³/mol. The Kier molecular flexibility index (Phi) is 6.83. The highest BCUT2D eigenvalue weighted by molar-refractivity contribution is 5.90. The van der Waals surface area contributed by atoms with Crippen molar-refractivity contribution in [2.75, 3.05) is 5.32 Å². The fourth-order valence-electron chi connectivity index (χ4n) is 2.22. The van der Waals surface area contributed by atoms with Crippen LogP contribution in [0.4, 0.5) is 5.69 Å². The zero-order chi connectivity index (χ0) is 17.2. The maximum Gasteiger partial charge on any atom is 0.224 e. The van der Waals surface area contributed by atoms with Crippen molar-refractivity contribution < 1.29 is 14.3 Å². The fourth-order valence-corrected chi connectivity index (χ4v) is 2.22. The van der Waals surface area contributed by atoms with E-state index in [1.54, 1.807) is 0 Å². The molecule has 3 N–H and O–H groups in total. The number of rotatable bonds is 9. The van der Waals surface area contributed by atoms with E-state index in [1.165, 1.54) is 0 Å². The van der Waals surface area contributed by atoms with Gasteiger partial charge in [-0.05, 0) is 49.2 Å². The van der Waals surface area contributed by atoms with Crippen LogP contribution in [0.2, 0.25) is 0 Å². The molecule has 0 heterocycles. The maximum absolute atomic E-state index is 11.9. The van der Waals surface area contributed by atoms with Crippen molar-refractivity contribution in [2.45, 2.75) is 32.1 Å². The molecule has 0 atom stereocenters. The minimum absolute atomic E-state index is 0.0363. The highest BCUT2D eigenvalue weighted by Gasteiger charge is 2.04. The molecule has 5 heteroatoms.